The molecule has 0 saturated carbocycles. The van der Waals surface area contributed by atoms with Crippen molar-refractivity contribution in [2.75, 3.05) is 0 Å². The summed E-state index contributed by atoms with van der Waals surface area (Å²) in [6.07, 6.45) is -0.613. The van der Waals surface area contributed by atoms with Gasteiger partial charge < -0.3 is 9.47 Å². The standard InChI is InChI=1S/C10H16Cl2O4/c1-5(2)15-9(13)7(11)8(12)10(14)16-6(3)4/h5-8H,1-4H3. The van der Waals surface area contributed by atoms with E-state index in [-0.39, 0.29) is 12.2 Å². The average Bonchev–Trinajstić information content (AvgIpc) is 2.13. The van der Waals surface area contributed by atoms with E-state index in [9.17, 15) is 9.59 Å². The first kappa shape index (κ1) is 15.5. The van der Waals surface area contributed by atoms with Crippen LogP contribution in [-0.2, 0) is 19.1 Å². The minimum Gasteiger partial charge on any atom is -0.462 e. The molecule has 0 radical (unpaired) electrons. The highest BCUT2D eigenvalue weighted by Crippen LogP contribution is 2.15. The van der Waals surface area contributed by atoms with Crippen LogP contribution < -0.4 is 0 Å². The fourth-order valence-electron chi connectivity index (χ4n) is 0.834. The van der Waals surface area contributed by atoms with Gasteiger partial charge in [-0.05, 0) is 27.7 Å². The molecule has 0 N–H and O–H groups in total. The lowest BCUT2D eigenvalue weighted by atomic mass is 10.3. The number of ether oxygens (including phenoxy) is 2. The van der Waals surface area contributed by atoms with Gasteiger partial charge in [0.15, 0.2) is 10.8 Å². The molecule has 0 amide bonds. The summed E-state index contributed by atoms with van der Waals surface area (Å²) in [4.78, 5) is 22.7. The molecule has 16 heavy (non-hydrogen) atoms. The predicted molar refractivity (Wildman–Crippen MR) is 61.7 cm³/mol. The lowest BCUT2D eigenvalue weighted by molar-refractivity contribution is -0.153. The van der Waals surface area contributed by atoms with Crippen molar-refractivity contribution in [3.05, 3.63) is 0 Å². The monoisotopic (exact) mass is 270 g/mol. The van der Waals surface area contributed by atoms with Crippen LogP contribution in [0.4, 0.5) is 0 Å². The fourth-order valence-corrected chi connectivity index (χ4v) is 1.14. The van der Waals surface area contributed by atoms with Gasteiger partial charge in [0.1, 0.15) is 0 Å². The van der Waals surface area contributed by atoms with Crippen LogP contribution in [0.15, 0.2) is 0 Å². The highest BCUT2D eigenvalue weighted by molar-refractivity contribution is 6.42. The summed E-state index contributed by atoms with van der Waals surface area (Å²) in [6, 6.07) is 0. The van der Waals surface area contributed by atoms with Crippen molar-refractivity contribution < 1.29 is 19.1 Å². The third-order valence-corrected chi connectivity index (χ3v) is 2.40. The second kappa shape index (κ2) is 6.97. The maximum Gasteiger partial charge on any atom is 0.326 e. The zero-order chi connectivity index (χ0) is 12.9. The van der Waals surface area contributed by atoms with Gasteiger partial charge in [-0.25, -0.2) is 0 Å². The highest BCUT2D eigenvalue weighted by atomic mass is 35.5. The quantitative estimate of drug-likeness (QED) is 0.567. The summed E-state index contributed by atoms with van der Waals surface area (Å²) in [5, 5.41) is -2.48. The van der Waals surface area contributed by atoms with Crippen LogP contribution in [0.5, 0.6) is 0 Å². The molecule has 0 fully saturated rings. The Bertz CT molecular complexity index is 227. The van der Waals surface area contributed by atoms with Crippen LogP contribution in [0, 0.1) is 0 Å². The first-order chi connectivity index (χ1) is 7.25. The highest BCUT2D eigenvalue weighted by Gasteiger charge is 2.33. The summed E-state index contributed by atoms with van der Waals surface area (Å²) in [5.74, 6) is -1.45. The second-order valence-corrected chi connectivity index (χ2v) is 4.72. The smallest absolute Gasteiger partial charge is 0.326 e. The Morgan fingerprint density at radius 1 is 0.812 bits per heavy atom. The lowest BCUT2D eigenvalue weighted by Crippen LogP contribution is -2.36. The number of rotatable bonds is 5. The average molecular weight is 271 g/mol. The van der Waals surface area contributed by atoms with E-state index in [2.05, 4.69) is 0 Å². The van der Waals surface area contributed by atoms with Crippen LogP contribution in [0.3, 0.4) is 0 Å². The third-order valence-electron chi connectivity index (χ3n) is 1.41. The number of carbonyl (C=O) groups excluding carboxylic acids is 2. The Morgan fingerprint density at radius 2 is 1.06 bits per heavy atom. The molecule has 0 aliphatic carbocycles. The van der Waals surface area contributed by atoms with Crippen molar-refractivity contribution in [2.45, 2.75) is 50.7 Å². The van der Waals surface area contributed by atoms with E-state index in [1.165, 1.54) is 0 Å². The fraction of sp³-hybridized carbons (Fsp3) is 0.800. The van der Waals surface area contributed by atoms with E-state index in [0.717, 1.165) is 0 Å². The van der Waals surface area contributed by atoms with Gasteiger partial charge >= 0.3 is 11.9 Å². The van der Waals surface area contributed by atoms with Crippen molar-refractivity contribution in [3.8, 4) is 0 Å². The van der Waals surface area contributed by atoms with Crippen molar-refractivity contribution in [3.63, 3.8) is 0 Å². The van der Waals surface area contributed by atoms with Gasteiger partial charge in [-0.3, -0.25) is 9.59 Å². The number of esters is 2. The normalized spacial score (nSPS) is 14.8. The first-order valence-electron chi connectivity index (χ1n) is 4.94. The molecule has 2 unspecified atom stereocenters. The molecular weight excluding hydrogens is 255 g/mol. The van der Waals surface area contributed by atoms with Crippen LogP contribution in [-0.4, -0.2) is 34.9 Å². The van der Waals surface area contributed by atoms with Gasteiger partial charge in [-0.1, -0.05) is 0 Å². The largest absolute Gasteiger partial charge is 0.462 e. The number of hydrogen-bond acceptors (Lipinski definition) is 4. The molecule has 0 heterocycles. The topological polar surface area (TPSA) is 52.6 Å². The molecule has 0 aliphatic heterocycles. The predicted octanol–water partition coefficient (Wildman–Crippen LogP) is 2.10. The van der Waals surface area contributed by atoms with Gasteiger partial charge in [0, 0.05) is 0 Å². The number of halogens is 2. The maximum absolute atomic E-state index is 11.3. The zero-order valence-electron chi connectivity index (χ0n) is 9.70. The van der Waals surface area contributed by atoms with Gasteiger partial charge in [-0.2, -0.15) is 0 Å². The molecule has 6 heteroatoms. The third kappa shape index (κ3) is 5.56. The molecule has 94 valence electrons. The van der Waals surface area contributed by atoms with E-state index < -0.39 is 22.7 Å². The van der Waals surface area contributed by atoms with E-state index in [0.29, 0.717) is 0 Å². The summed E-state index contributed by atoms with van der Waals surface area (Å²) in [6.45, 7) is 6.71. The number of hydrogen-bond donors (Lipinski definition) is 0. The van der Waals surface area contributed by atoms with Gasteiger partial charge in [-0.15, -0.1) is 23.2 Å². The minimum atomic E-state index is -1.24. The van der Waals surface area contributed by atoms with Crippen LogP contribution in [0.1, 0.15) is 27.7 Å². The summed E-state index contributed by atoms with van der Waals surface area (Å²) in [5.41, 5.74) is 0. The van der Waals surface area contributed by atoms with E-state index in [4.69, 9.17) is 32.7 Å². The summed E-state index contributed by atoms with van der Waals surface area (Å²) >= 11 is 11.4. The number of carbonyl (C=O) groups is 2. The van der Waals surface area contributed by atoms with Gasteiger partial charge in [0.05, 0.1) is 12.2 Å². The molecule has 0 aromatic rings. The van der Waals surface area contributed by atoms with Crippen LogP contribution >= 0.6 is 23.2 Å². The van der Waals surface area contributed by atoms with Crippen LogP contribution in [0.25, 0.3) is 0 Å². The molecule has 0 aromatic carbocycles. The molecule has 0 aliphatic rings. The van der Waals surface area contributed by atoms with Crippen LogP contribution in [0.2, 0.25) is 0 Å². The van der Waals surface area contributed by atoms with Gasteiger partial charge in [0.2, 0.25) is 0 Å². The second-order valence-electron chi connectivity index (χ2n) is 3.77. The molecular formula is C10H16Cl2O4. The van der Waals surface area contributed by atoms with Gasteiger partial charge in [0.25, 0.3) is 0 Å². The molecule has 0 rings (SSSR count). The van der Waals surface area contributed by atoms with E-state index in [1.807, 2.05) is 0 Å². The molecule has 4 nitrogen and oxygen atoms in total. The maximum atomic E-state index is 11.3. The Morgan fingerprint density at radius 3 is 1.25 bits per heavy atom. The molecule has 0 spiro atoms. The zero-order valence-corrected chi connectivity index (χ0v) is 11.2. The van der Waals surface area contributed by atoms with E-state index in [1.54, 1.807) is 27.7 Å². The van der Waals surface area contributed by atoms with Crippen molar-refractivity contribution in [1.29, 1.82) is 0 Å². The Kier molecular flexibility index (Phi) is 6.76. The van der Waals surface area contributed by atoms with Crippen molar-refractivity contribution in [2.24, 2.45) is 0 Å². The molecule has 0 aromatic heterocycles. The molecule has 0 bridgehead atoms. The Hall–Kier alpha value is -0.480. The Balaban J connectivity index is 4.31. The molecule has 0 saturated heterocycles. The first-order valence-corrected chi connectivity index (χ1v) is 5.82. The minimum absolute atomic E-state index is 0.307. The molecule has 2 atom stereocenters. The summed E-state index contributed by atoms with van der Waals surface area (Å²) < 4.78 is 9.65. The number of alkyl halides is 2. The van der Waals surface area contributed by atoms with Crippen molar-refractivity contribution >= 4 is 35.1 Å². The Labute approximate surface area is 105 Å². The lowest BCUT2D eigenvalue weighted by Gasteiger charge is -2.17. The summed E-state index contributed by atoms with van der Waals surface area (Å²) in [7, 11) is 0. The van der Waals surface area contributed by atoms with Crippen molar-refractivity contribution in [1.82, 2.24) is 0 Å². The van der Waals surface area contributed by atoms with E-state index >= 15 is 0 Å². The SMILES string of the molecule is CC(C)OC(=O)C(Cl)C(Cl)C(=O)OC(C)C.